The highest BCUT2D eigenvalue weighted by atomic mass is 16.5. The third kappa shape index (κ3) is 2.93. The van der Waals surface area contributed by atoms with E-state index in [0.29, 0.717) is 6.04 Å². The molecule has 3 nitrogen and oxygen atoms in total. The van der Waals surface area contributed by atoms with E-state index in [9.17, 15) is 0 Å². The molecule has 20 heavy (non-hydrogen) atoms. The third-order valence-corrected chi connectivity index (χ3v) is 3.68. The molecule has 0 saturated carbocycles. The smallest absolute Gasteiger partial charge is 0.128 e. The van der Waals surface area contributed by atoms with Gasteiger partial charge in [0.15, 0.2) is 0 Å². The fourth-order valence-electron chi connectivity index (χ4n) is 2.61. The summed E-state index contributed by atoms with van der Waals surface area (Å²) in [5.74, 6) is 1.68. The van der Waals surface area contributed by atoms with Crippen LogP contribution in [0.15, 0.2) is 30.5 Å². The average molecular weight is 270 g/mol. The molecule has 1 fully saturated rings. The summed E-state index contributed by atoms with van der Waals surface area (Å²) < 4.78 is 6.03. The van der Waals surface area contributed by atoms with Crippen molar-refractivity contribution in [3.8, 4) is 5.75 Å². The zero-order valence-electron chi connectivity index (χ0n) is 12.5. The molecule has 1 aliphatic heterocycles. The van der Waals surface area contributed by atoms with Gasteiger partial charge in [-0.15, -0.1) is 0 Å². The quantitative estimate of drug-likeness (QED) is 0.780. The summed E-state index contributed by atoms with van der Waals surface area (Å²) in [4.78, 5) is 6.92. The van der Waals surface area contributed by atoms with Gasteiger partial charge in [-0.25, -0.2) is 0 Å². The van der Waals surface area contributed by atoms with Crippen LogP contribution in [0.2, 0.25) is 0 Å². The molecule has 2 heterocycles. The second kappa shape index (κ2) is 5.41. The number of ether oxygens (including phenoxy) is 1. The maximum absolute atomic E-state index is 6.03. The Bertz CT molecular complexity index is 609. The fourth-order valence-corrected chi connectivity index (χ4v) is 2.61. The summed E-state index contributed by atoms with van der Waals surface area (Å²) in [5.41, 5.74) is 2.17. The molecule has 0 aliphatic carbocycles. The summed E-state index contributed by atoms with van der Waals surface area (Å²) in [6, 6.07) is 8.82. The van der Waals surface area contributed by atoms with Crippen molar-refractivity contribution in [2.75, 3.05) is 19.7 Å². The lowest BCUT2D eigenvalue weighted by Crippen LogP contribution is -2.14. The first-order chi connectivity index (χ1) is 9.63. The third-order valence-electron chi connectivity index (χ3n) is 3.68. The molecule has 0 amide bonds. The highest BCUT2D eigenvalue weighted by Crippen LogP contribution is 2.27. The van der Waals surface area contributed by atoms with Gasteiger partial charge in [0.2, 0.25) is 0 Å². The Balaban J connectivity index is 1.68. The molecule has 2 atom stereocenters. The summed E-state index contributed by atoms with van der Waals surface area (Å²) in [5, 5.41) is 1.11. The van der Waals surface area contributed by atoms with Gasteiger partial charge in [0.1, 0.15) is 12.4 Å². The van der Waals surface area contributed by atoms with Gasteiger partial charge in [-0.2, -0.15) is 0 Å². The van der Waals surface area contributed by atoms with E-state index in [1.165, 1.54) is 18.7 Å². The lowest BCUT2D eigenvalue weighted by molar-refractivity contribution is 0.290. The van der Waals surface area contributed by atoms with Crippen LogP contribution < -0.4 is 4.74 Å². The second-order valence-corrected chi connectivity index (χ2v) is 6.15. The molecule has 0 spiro atoms. The number of aromatic nitrogens is 1. The maximum atomic E-state index is 6.03. The summed E-state index contributed by atoms with van der Waals surface area (Å²) >= 11 is 0. The largest absolute Gasteiger partial charge is 0.491 e. The van der Waals surface area contributed by atoms with Crippen LogP contribution in [0, 0.1) is 12.8 Å². The molecular weight excluding hydrogens is 248 g/mol. The minimum atomic E-state index is 0.588. The van der Waals surface area contributed by atoms with Gasteiger partial charge in [0, 0.05) is 24.7 Å². The predicted molar refractivity (Wildman–Crippen MR) is 82.2 cm³/mol. The van der Waals surface area contributed by atoms with Gasteiger partial charge < -0.3 is 4.74 Å². The Hall–Kier alpha value is -1.61. The van der Waals surface area contributed by atoms with Crippen molar-refractivity contribution >= 4 is 10.9 Å². The molecule has 1 aliphatic rings. The highest BCUT2D eigenvalue weighted by Gasteiger charge is 2.34. The Morgan fingerprint density at radius 3 is 3.05 bits per heavy atom. The molecule has 0 bridgehead atoms. The molecule has 3 heteroatoms. The van der Waals surface area contributed by atoms with Crippen molar-refractivity contribution in [2.24, 2.45) is 5.92 Å². The van der Waals surface area contributed by atoms with Gasteiger partial charge in [-0.3, -0.25) is 9.88 Å². The van der Waals surface area contributed by atoms with Crippen LogP contribution in [-0.2, 0) is 0 Å². The molecule has 106 valence electrons. The molecule has 1 aromatic carbocycles. The molecular formula is C17H22N2O. The van der Waals surface area contributed by atoms with Crippen LogP contribution in [0.3, 0.4) is 0 Å². The van der Waals surface area contributed by atoms with Gasteiger partial charge >= 0.3 is 0 Å². The van der Waals surface area contributed by atoms with Gasteiger partial charge in [0.05, 0.1) is 11.6 Å². The van der Waals surface area contributed by atoms with E-state index in [4.69, 9.17) is 4.74 Å². The lowest BCUT2D eigenvalue weighted by Gasteiger charge is -2.10. The van der Waals surface area contributed by atoms with Crippen molar-refractivity contribution in [3.05, 3.63) is 36.0 Å². The van der Waals surface area contributed by atoms with E-state index in [1.807, 2.05) is 24.4 Å². The number of nitrogens with zero attached hydrogens (tertiary/aromatic N) is 2. The first-order valence-corrected chi connectivity index (χ1v) is 7.35. The average Bonchev–Trinajstić information content (AvgIpc) is 3.13. The first kappa shape index (κ1) is 13.4. The van der Waals surface area contributed by atoms with Gasteiger partial charge in [-0.05, 0) is 36.6 Å². The number of hydrogen-bond donors (Lipinski definition) is 0. The Morgan fingerprint density at radius 1 is 1.40 bits per heavy atom. The lowest BCUT2D eigenvalue weighted by atomic mass is 10.1. The fraction of sp³-hybridized carbons (Fsp3) is 0.471. The first-order valence-electron chi connectivity index (χ1n) is 7.35. The molecule has 3 rings (SSSR count). The van der Waals surface area contributed by atoms with Crippen molar-refractivity contribution < 1.29 is 4.74 Å². The number of hydrogen-bond acceptors (Lipinski definition) is 3. The molecule has 0 radical (unpaired) electrons. The SMILES string of the molecule is Cc1cnc2cccc(OCC3CN3CC(C)C)c2c1. The molecule has 1 aromatic heterocycles. The van der Waals surface area contributed by atoms with Gasteiger partial charge in [0.25, 0.3) is 0 Å². The normalized spacial score (nSPS) is 21.4. The molecule has 2 unspecified atom stereocenters. The van der Waals surface area contributed by atoms with Crippen molar-refractivity contribution in [1.82, 2.24) is 9.88 Å². The van der Waals surface area contributed by atoms with Crippen LogP contribution in [-0.4, -0.2) is 35.6 Å². The summed E-state index contributed by atoms with van der Waals surface area (Å²) in [7, 11) is 0. The van der Waals surface area contributed by atoms with Crippen LogP contribution in [0.1, 0.15) is 19.4 Å². The number of aryl methyl sites for hydroxylation is 1. The Kier molecular flexibility index (Phi) is 3.62. The zero-order valence-corrected chi connectivity index (χ0v) is 12.5. The van der Waals surface area contributed by atoms with Crippen LogP contribution in [0.5, 0.6) is 5.75 Å². The zero-order chi connectivity index (χ0) is 14.1. The minimum Gasteiger partial charge on any atom is -0.491 e. The monoisotopic (exact) mass is 270 g/mol. The summed E-state index contributed by atoms with van der Waals surface area (Å²) in [6.07, 6.45) is 1.90. The van der Waals surface area contributed by atoms with E-state index < -0.39 is 0 Å². The number of pyridine rings is 1. The minimum absolute atomic E-state index is 0.588. The van der Waals surface area contributed by atoms with Crippen molar-refractivity contribution in [2.45, 2.75) is 26.8 Å². The topological polar surface area (TPSA) is 25.1 Å². The number of benzene rings is 1. The van der Waals surface area contributed by atoms with Crippen LogP contribution >= 0.6 is 0 Å². The maximum Gasteiger partial charge on any atom is 0.128 e. The van der Waals surface area contributed by atoms with Crippen LogP contribution in [0.4, 0.5) is 0 Å². The Morgan fingerprint density at radius 2 is 2.25 bits per heavy atom. The predicted octanol–water partition coefficient (Wildman–Crippen LogP) is 3.26. The van der Waals surface area contributed by atoms with E-state index in [0.717, 1.165) is 29.2 Å². The van der Waals surface area contributed by atoms with Crippen LogP contribution in [0.25, 0.3) is 10.9 Å². The second-order valence-electron chi connectivity index (χ2n) is 6.15. The Labute approximate surface area is 120 Å². The van der Waals surface area contributed by atoms with E-state index >= 15 is 0 Å². The molecule has 1 saturated heterocycles. The standard InChI is InChI=1S/C17H22N2O/c1-12(2)9-19-10-14(19)11-20-17-6-4-5-16-15(17)7-13(3)8-18-16/h4-8,12,14H,9-11H2,1-3H3. The number of fused-ring (bicyclic) bond motifs is 1. The summed E-state index contributed by atoms with van der Waals surface area (Å²) in [6.45, 7) is 9.70. The highest BCUT2D eigenvalue weighted by molar-refractivity contribution is 5.85. The molecule has 2 aromatic rings. The van der Waals surface area contributed by atoms with Gasteiger partial charge in [-0.1, -0.05) is 19.9 Å². The van der Waals surface area contributed by atoms with Crippen molar-refractivity contribution in [3.63, 3.8) is 0 Å². The van der Waals surface area contributed by atoms with E-state index in [-0.39, 0.29) is 0 Å². The van der Waals surface area contributed by atoms with E-state index in [1.54, 1.807) is 0 Å². The van der Waals surface area contributed by atoms with Crippen molar-refractivity contribution in [1.29, 1.82) is 0 Å². The van der Waals surface area contributed by atoms with E-state index in [2.05, 4.69) is 36.7 Å². The number of rotatable bonds is 5. The molecule has 0 N–H and O–H groups in total.